The van der Waals surface area contributed by atoms with E-state index in [0.29, 0.717) is 32.8 Å². The van der Waals surface area contributed by atoms with E-state index in [2.05, 4.69) is 5.32 Å². The number of nitrogens with one attached hydrogen (secondary N) is 1. The van der Waals surface area contributed by atoms with Crippen molar-refractivity contribution in [1.82, 2.24) is 5.32 Å². The summed E-state index contributed by atoms with van der Waals surface area (Å²) in [6.07, 6.45) is 0.373. The molecule has 1 aromatic carbocycles. The van der Waals surface area contributed by atoms with Gasteiger partial charge in [-0.25, -0.2) is 0 Å². The number of rotatable bonds is 15. The fraction of sp³-hybridized carbons (Fsp3) is 0.556. The van der Waals surface area contributed by atoms with E-state index in [0.717, 1.165) is 5.56 Å². The minimum Gasteiger partial charge on any atom is -0.481 e. The summed E-state index contributed by atoms with van der Waals surface area (Å²) in [7, 11) is -3.78. The SMILES string of the molecule is Cc1ccc(S(=O)(=O)OCCOCCOCCCNC(=O)CCC(=O)O)cc1. The second-order valence-electron chi connectivity index (χ2n) is 5.91. The first-order chi connectivity index (χ1) is 13.3. The van der Waals surface area contributed by atoms with Gasteiger partial charge in [0.15, 0.2) is 0 Å². The van der Waals surface area contributed by atoms with Crippen LogP contribution in [0.1, 0.15) is 24.8 Å². The van der Waals surface area contributed by atoms with Gasteiger partial charge in [-0.05, 0) is 25.5 Å². The minimum atomic E-state index is -3.78. The van der Waals surface area contributed by atoms with Crippen LogP contribution in [0.3, 0.4) is 0 Å². The molecule has 0 aliphatic carbocycles. The molecule has 0 aliphatic heterocycles. The van der Waals surface area contributed by atoms with E-state index in [1.807, 2.05) is 6.92 Å². The molecular weight excluding hydrogens is 390 g/mol. The minimum absolute atomic E-state index is 0.0360. The van der Waals surface area contributed by atoms with Gasteiger partial charge in [-0.1, -0.05) is 17.7 Å². The number of benzene rings is 1. The van der Waals surface area contributed by atoms with Gasteiger partial charge in [-0.2, -0.15) is 8.42 Å². The van der Waals surface area contributed by atoms with Crippen molar-refractivity contribution in [1.29, 1.82) is 0 Å². The van der Waals surface area contributed by atoms with E-state index in [1.54, 1.807) is 12.1 Å². The highest BCUT2D eigenvalue weighted by atomic mass is 32.2. The van der Waals surface area contributed by atoms with Crippen molar-refractivity contribution in [2.75, 3.05) is 39.6 Å². The number of aliphatic carboxylic acids is 1. The lowest BCUT2D eigenvalue weighted by molar-refractivity contribution is -0.138. The standard InChI is InChI=1S/C18H27NO8S/c1-15-3-5-16(6-4-15)28(23,24)27-14-13-26-12-11-25-10-2-9-19-17(20)7-8-18(21)22/h3-6H,2,7-14H2,1H3,(H,19,20)(H,21,22). The number of carbonyl (C=O) groups excluding carboxylic acids is 1. The molecule has 158 valence electrons. The Morgan fingerprint density at radius 1 is 0.964 bits per heavy atom. The van der Waals surface area contributed by atoms with Gasteiger partial charge in [0, 0.05) is 19.6 Å². The van der Waals surface area contributed by atoms with Gasteiger partial charge in [0.2, 0.25) is 5.91 Å². The van der Waals surface area contributed by atoms with Gasteiger partial charge in [0.25, 0.3) is 10.1 Å². The summed E-state index contributed by atoms with van der Waals surface area (Å²) in [4.78, 5) is 21.7. The second kappa shape index (κ2) is 13.2. The molecule has 1 amide bonds. The zero-order chi connectivity index (χ0) is 20.8. The van der Waals surface area contributed by atoms with Crippen LogP contribution in [0.25, 0.3) is 0 Å². The molecule has 0 aliphatic rings. The van der Waals surface area contributed by atoms with E-state index < -0.39 is 16.1 Å². The average molecular weight is 417 g/mol. The Morgan fingerprint density at radius 2 is 1.57 bits per heavy atom. The number of ether oxygens (including phenoxy) is 2. The zero-order valence-electron chi connectivity index (χ0n) is 15.9. The van der Waals surface area contributed by atoms with E-state index in [9.17, 15) is 18.0 Å². The Hall–Kier alpha value is -2.01. The smallest absolute Gasteiger partial charge is 0.303 e. The molecular formula is C18H27NO8S. The molecule has 0 atom stereocenters. The third-order valence-corrected chi connectivity index (χ3v) is 4.83. The first-order valence-electron chi connectivity index (χ1n) is 8.91. The molecule has 0 spiro atoms. The largest absolute Gasteiger partial charge is 0.481 e. The number of carboxylic acids is 1. The fourth-order valence-electron chi connectivity index (χ4n) is 2.01. The molecule has 0 unspecified atom stereocenters. The van der Waals surface area contributed by atoms with Crippen molar-refractivity contribution < 1.29 is 36.8 Å². The van der Waals surface area contributed by atoms with Crippen LogP contribution in [-0.4, -0.2) is 65.0 Å². The number of carbonyl (C=O) groups is 2. The first-order valence-corrected chi connectivity index (χ1v) is 10.3. The summed E-state index contributed by atoms with van der Waals surface area (Å²) in [6, 6.07) is 6.39. The highest BCUT2D eigenvalue weighted by Gasteiger charge is 2.14. The Morgan fingerprint density at radius 3 is 2.21 bits per heavy atom. The monoisotopic (exact) mass is 417 g/mol. The van der Waals surface area contributed by atoms with Crippen molar-refractivity contribution in [3.05, 3.63) is 29.8 Å². The first kappa shape index (κ1) is 24.0. The van der Waals surface area contributed by atoms with Crippen LogP contribution in [-0.2, 0) is 33.4 Å². The van der Waals surface area contributed by atoms with Gasteiger partial charge in [-0.15, -0.1) is 0 Å². The molecule has 1 aromatic rings. The highest BCUT2D eigenvalue weighted by Crippen LogP contribution is 2.12. The number of carboxylic acid groups (broad SMARTS) is 1. The van der Waals surface area contributed by atoms with Crippen molar-refractivity contribution >= 4 is 22.0 Å². The molecule has 0 radical (unpaired) electrons. The Bertz CT molecular complexity index is 703. The third kappa shape index (κ3) is 11.0. The maximum atomic E-state index is 11.9. The number of aryl methyl sites for hydroxylation is 1. The van der Waals surface area contributed by atoms with E-state index >= 15 is 0 Å². The predicted molar refractivity (Wildman–Crippen MR) is 100 cm³/mol. The highest BCUT2D eigenvalue weighted by molar-refractivity contribution is 7.86. The molecule has 10 heteroatoms. The molecule has 28 heavy (non-hydrogen) atoms. The number of hydrogen-bond donors (Lipinski definition) is 2. The summed E-state index contributed by atoms with van der Waals surface area (Å²) in [5, 5.41) is 11.1. The van der Waals surface area contributed by atoms with Crippen LogP contribution in [0.4, 0.5) is 0 Å². The summed E-state index contributed by atoms with van der Waals surface area (Å²) in [5.41, 5.74) is 0.961. The lowest BCUT2D eigenvalue weighted by atomic mass is 10.2. The molecule has 9 nitrogen and oxygen atoms in total. The van der Waals surface area contributed by atoms with Crippen LogP contribution in [0, 0.1) is 6.92 Å². The van der Waals surface area contributed by atoms with Crippen molar-refractivity contribution in [3.63, 3.8) is 0 Å². The van der Waals surface area contributed by atoms with E-state index in [-0.39, 0.29) is 36.9 Å². The maximum Gasteiger partial charge on any atom is 0.303 e. The Labute approximate surface area is 165 Å². The molecule has 0 heterocycles. The maximum absolute atomic E-state index is 11.9. The summed E-state index contributed by atoms with van der Waals surface area (Å²) < 4.78 is 39.3. The average Bonchev–Trinajstić information content (AvgIpc) is 2.64. The topological polar surface area (TPSA) is 128 Å². The molecule has 0 bridgehead atoms. The van der Waals surface area contributed by atoms with Gasteiger partial charge in [0.05, 0.1) is 37.7 Å². The van der Waals surface area contributed by atoms with E-state index in [4.69, 9.17) is 18.8 Å². The molecule has 1 rings (SSSR count). The number of hydrogen-bond acceptors (Lipinski definition) is 7. The summed E-state index contributed by atoms with van der Waals surface area (Å²) >= 11 is 0. The lowest BCUT2D eigenvalue weighted by Crippen LogP contribution is -2.25. The van der Waals surface area contributed by atoms with Gasteiger partial charge >= 0.3 is 5.97 Å². The summed E-state index contributed by atoms with van der Waals surface area (Å²) in [6.45, 7) is 3.35. The molecule has 0 saturated carbocycles. The van der Waals surface area contributed by atoms with Crippen LogP contribution in [0.15, 0.2) is 29.2 Å². The van der Waals surface area contributed by atoms with Crippen LogP contribution in [0.2, 0.25) is 0 Å². The van der Waals surface area contributed by atoms with Crippen molar-refractivity contribution in [2.24, 2.45) is 0 Å². The third-order valence-electron chi connectivity index (χ3n) is 3.50. The fourth-order valence-corrected chi connectivity index (χ4v) is 2.90. The normalized spacial score (nSPS) is 11.3. The van der Waals surface area contributed by atoms with Gasteiger partial charge in [0.1, 0.15) is 0 Å². The molecule has 0 aromatic heterocycles. The summed E-state index contributed by atoms with van der Waals surface area (Å²) in [5.74, 6) is -1.30. The van der Waals surface area contributed by atoms with Crippen molar-refractivity contribution in [3.8, 4) is 0 Å². The quantitative estimate of drug-likeness (QED) is 0.321. The van der Waals surface area contributed by atoms with Crippen LogP contribution >= 0.6 is 0 Å². The Balaban J connectivity index is 1.97. The van der Waals surface area contributed by atoms with Crippen LogP contribution in [0.5, 0.6) is 0 Å². The number of amides is 1. The molecule has 0 saturated heterocycles. The van der Waals surface area contributed by atoms with Gasteiger partial charge < -0.3 is 19.9 Å². The predicted octanol–water partition coefficient (Wildman–Crippen LogP) is 1.10. The van der Waals surface area contributed by atoms with Crippen molar-refractivity contribution in [2.45, 2.75) is 31.1 Å². The molecule has 2 N–H and O–H groups in total. The van der Waals surface area contributed by atoms with E-state index in [1.165, 1.54) is 12.1 Å². The zero-order valence-corrected chi connectivity index (χ0v) is 16.7. The Kier molecular flexibility index (Phi) is 11.3. The second-order valence-corrected chi connectivity index (χ2v) is 7.53. The van der Waals surface area contributed by atoms with Crippen LogP contribution < -0.4 is 5.32 Å². The lowest BCUT2D eigenvalue weighted by Gasteiger charge is -2.08. The molecule has 0 fully saturated rings. The van der Waals surface area contributed by atoms with Gasteiger partial charge in [-0.3, -0.25) is 13.8 Å².